The van der Waals surface area contributed by atoms with E-state index in [2.05, 4.69) is 28.6 Å². The van der Waals surface area contributed by atoms with E-state index in [1.54, 1.807) is 0 Å². The highest BCUT2D eigenvalue weighted by Gasteiger charge is 2.37. The van der Waals surface area contributed by atoms with E-state index in [1.165, 1.54) is 11.3 Å². The van der Waals surface area contributed by atoms with E-state index in [0.29, 0.717) is 6.54 Å². The summed E-state index contributed by atoms with van der Waals surface area (Å²) in [6.07, 6.45) is 4.58. The van der Waals surface area contributed by atoms with Gasteiger partial charge < -0.3 is 0 Å². The number of aryl methyl sites for hydroxylation is 2. The van der Waals surface area contributed by atoms with Gasteiger partial charge in [0, 0.05) is 37.4 Å². The molecule has 1 aromatic rings. The minimum absolute atomic E-state index is 0.200. The standard InChI is InChI=1S/C16H28N4O2S/c1-4-15-14(16(5-2)19(3)17-15)11-20-9-8-13(10-20)23(21,22)18-12-6-7-12/h12-13,18H,4-11H2,1-3H3. The largest absolute Gasteiger partial charge is 0.298 e. The maximum atomic E-state index is 12.4. The maximum absolute atomic E-state index is 12.4. The van der Waals surface area contributed by atoms with Crippen LogP contribution < -0.4 is 4.72 Å². The van der Waals surface area contributed by atoms with Gasteiger partial charge in [0.2, 0.25) is 10.0 Å². The molecule has 1 aliphatic heterocycles. The van der Waals surface area contributed by atoms with Gasteiger partial charge in [-0.25, -0.2) is 13.1 Å². The SMILES string of the molecule is CCc1nn(C)c(CC)c1CN1CCC(S(=O)(=O)NC2CC2)C1. The predicted molar refractivity (Wildman–Crippen MR) is 90.7 cm³/mol. The van der Waals surface area contributed by atoms with Crippen LogP contribution in [-0.2, 0) is 36.5 Å². The number of hydrogen-bond acceptors (Lipinski definition) is 4. The van der Waals surface area contributed by atoms with Crippen LogP contribution in [-0.4, -0.2) is 47.5 Å². The van der Waals surface area contributed by atoms with Crippen LogP contribution in [0.5, 0.6) is 0 Å². The minimum atomic E-state index is -3.16. The molecule has 2 fully saturated rings. The lowest BCUT2D eigenvalue weighted by Crippen LogP contribution is -2.37. The van der Waals surface area contributed by atoms with Gasteiger partial charge in [-0.2, -0.15) is 5.10 Å². The van der Waals surface area contributed by atoms with Crippen LogP contribution in [0.4, 0.5) is 0 Å². The molecule has 0 bridgehead atoms. The number of nitrogens with one attached hydrogen (secondary N) is 1. The maximum Gasteiger partial charge on any atom is 0.216 e. The summed E-state index contributed by atoms with van der Waals surface area (Å²) in [7, 11) is -1.16. The summed E-state index contributed by atoms with van der Waals surface area (Å²) in [5.41, 5.74) is 3.71. The third kappa shape index (κ3) is 3.61. The summed E-state index contributed by atoms with van der Waals surface area (Å²) in [6.45, 7) is 6.56. The summed E-state index contributed by atoms with van der Waals surface area (Å²) in [4.78, 5) is 2.27. The van der Waals surface area contributed by atoms with Crippen LogP contribution in [0.1, 0.15) is 50.1 Å². The van der Waals surface area contributed by atoms with Gasteiger partial charge in [-0.3, -0.25) is 9.58 Å². The Morgan fingerprint density at radius 1 is 1.22 bits per heavy atom. The lowest BCUT2D eigenvalue weighted by molar-refractivity contribution is 0.329. The third-order valence-corrected chi connectivity index (χ3v) is 6.91. The van der Waals surface area contributed by atoms with Gasteiger partial charge >= 0.3 is 0 Å². The number of hydrogen-bond donors (Lipinski definition) is 1. The molecule has 0 spiro atoms. The lowest BCUT2D eigenvalue weighted by Gasteiger charge is -2.17. The van der Waals surface area contributed by atoms with E-state index in [9.17, 15) is 8.42 Å². The third-order valence-electron chi connectivity index (χ3n) is 4.99. The van der Waals surface area contributed by atoms with Crippen molar-refractivity contribution in [3.8, 4) is 0 Å². The Morgan fingerprint density at radius 2 is 1.96 bits per heavy atom. The smallest absolute Gasteiger partial charge is 0.216 e. The van der Waals surface area contributed by atoms with Gasteiger partial charge in [0.05, 0.1) is 10.9 Å². The van der Waals surface area contributed by atoms with Crippen molar-refractivity contribution in [2.75, 3.05) is 13.1 Å². The Labute approximate surface area is 139 Å². The van der Waals surface area contributed by atoms with Gasteiger partial charge in [-0.1, -0.05) is 13.8 Å². The molecule has 1 atom stereocenters. The molecule has 1 saturated carbocycles. The number of aromatic nitrogens is 2. The van der Waals surface area contributed by atoms with Crippen LogP contribution in [0.25, 0.3) is 0 Å². The topological polar surface area (TPSA) is 67.2 Å². The lowest BCUT2D eigenvalue weighted by atomic mass is 10.1. The molecule has 1 saturated heterocycles. The van der Waals surface area contributed by atoms with Crippen molar-refractivity contribution in [1.82, 2.24) is 19.4 Å². The van der Waals surface area contributed by atoms with Crippen LogP contribution in [0.2, 0.25) is 0 Å². The number of sulfonamides is 1. The molecule has 2 aliphatic rings. The molecule has 6 nitrogen and oxygen atoms in total. The van der Waals surface area contributed by atoms with Gasteiger partial charge in [0.15, 0.2) is 0 Å². The highest BCUT2D eigenvalue weighted by Crippen LogP contribution is 2.25. The van der Waals surface area contributed by atoms with E-state index in [0.717, 1.165) is 50.9 Å². The van der Waals surface area contributed by atoms with E-state index in [1.807, 2.05) is 11.7 Å². The van der Waals surface area contributed by atoms with Crippen molar-refractivity contribution < 1.29 is 8.42 Å². The first-order valence-electron chi connectivity index (χ1n) is 8.71. The van der Waals surface area contributed by atoms with Crippen molar-refractivity contribution >= 4 is 10.0 Å². The second kappa shape index (κ2) is 6.53. The van der Waals surface area contributed by atoms with E-state index < -0.39 is 10.0 Å². The molecular formula is C16H28N4O2S. The monoisotopic (exact) mass is 340 g/mol. The van der Waals surface area contributed by atoms with Crippen LogP contribution >= 0.6 is 0 Å². The first-order chi connectivity index (χ1) is 10.9. The van der Waals surface area contributed by atoms with Gasteiger partial charge in [0.1, 0.15) is 0 Å². The Hall–Kier alpha value is -0.920. The minimum Gasteiger partial charge on any atom is -0.298 e. The Kier molecular flexibility index (Phi) is 4.80. The fourth-order valence-electron chi connectivity index (χ4n) is 3.52. The summed E-state index contributed by atoms with van der Waals surface area (Å²) in [6, 6.07) is 0.200. The fourth-order valence-corrected chi connectivity index (χ4v) is 5.24. The zero-order chi connectivity index (χ0) is 16.6. The zero-order valence-corrected chi connectivity index (χ0v) is 15.2. The first kappa shape index (κ1) is 16.9. The summed E-state index contributed by atoms with van der Waals surface area (Å²) < 4.78 is 29.6. The van der Waals surface area contributed by atoms with Crippen LogP contribution in [0, 0.1) is 0 Å². The molecule has 1 aliphatic carbocycles. The van der Waals surface area contributed by atoms with Crippen LogP contribution in [0.15, 0.2) is 0 Å². The molecule has 1 aromatic heterocycles. The number of nitrogens with zero attached hydrogens (tertiary/aromatic N) is 3. The first-order valence-corrected chi connectivity index (χ1v) is 10.3. The average Bonchev–Trinajstić information content (AvgIpc) is 3.07. The Balaban J connectivity index is 1.68. The van der Waals surface area contributed by atoms with Crippen molar-refractivity contribution in [3.05, 3.63) is 17.0 Å². The molecule has 2 heterocycles. The molecule has 130 valence electrons. The molecule has 1 N–H and O–H groups in total. The summed E-state index contributed by atoms with van der Waals surface area (Å²) >= 11 is 0. The van der Waals surface area contributed by atoms with Crippen LogP contribution in [0.3, 0.4) is 0 Å². The summed E-state index contributed by atoms with van der Waals surface area (Å²) in [5.74, 6) is 0. The van der Waals surface area contributed by atoms with Crippen molar-refractivity contribution in [2.45, 2.75) is 63.8 Å². The molecule has 3 rings (SSSR count). The van der Waals surface area contributed by atoms with Crippen molar-refractivity contribution in [2.24, 2.45) is 7.05 Å². The van der Waals surface area contributed by atoms with Crippen molar-refractivity contribution in [1.29, 1.82) is 0 Å². The molecule has 1 unspecified atom stereocenters. The number of rotatable bonds is 7. The predicted octanol–water partition coefficient (Wildman–Crippen LogP) is 1.20. The molecule has 23 heavy (non-hydrogen) atoms. The fraction of sp³-hybridized carbons (Fsp3) is 0.812. The van der Waals surface area contributed by atoms with Gasteiger partial charge in [0.25, 0.3) is 0 Å². The normalized spacial score (nSPS) is 22.8. The molecule has 7 heteroatoms. The second-order valence-electron chi connectivity index (χ2n) is 6.79. The van der Waals surface area contributed by atoms with Gasteiger partial charge in [-0.05, 0) is 38.6 Å². The quantitative estimate of drug-likeness (QED) is 0.810. The van der Waals surface area contributed by atoms with E-state index in [-0.39, 0.29) is 11.3 Å². The summed E-state index contributed by atoms with van der Waals surface area (Å²) in [5, 5.41) is 4.35. The number of likely N-dealkylation sites (tertiary alicyclic amines) is 1. The highest BCUT2D eigenvalue weighted by molar-refractivity contribution is 7.90. The Morgan fingerprint density at radius 3 is 2.57 bits per heavy atom. The van der Waals surface area contributed by atoms with Gasteiger partial charge in [-0.15, -0.1) is 0 Å². The highest BCUT2D eigenvalue weighted by atomic mass is 32.2. The van der Waals surface area contributed by atoms with E-state index in [4.69, 9.17) is 0 Å². The zero-order valence-electron chi connectivity index (χ0n) is 14.4. The van der Waals surface area contributed by atoms with Crippen molar-refractivity contribution in [3.63, 3.8) is 0 Å². The molecule has 0 amide bonds. The second-order valence-corrected chi connectivity index (χ2v) is 8.78. The Bertz CT molecular complexity index is 664. The molecule has 0 aromatic carbocycles. The molecule has 0 radical (unpaired) electrons. The average molecular weight is 340 g/mol. The van der Waals surface area contributed by atoms with E-state index >= 15 is 0 Å². The molecular weight excluding hydrogens is 312 g/mol.